The van der Waals surface area contributed by atoms with Crippen molar-refractivity contribution in [3.05, 3.63) is 42.8 Å². The molecule has 0 unspecified atom stereocenters. The van der Waals surface area contributed by atoms with Gasteiger partial charge < -0.3 is 10.1 Å². The van der Waals surface area contributed by atoms with Gasteiger partial charge >= 0.3 is 5.97 Å². The first-order valence-electron chi connectivity index (χ1n) is 8.23. The number of carbonyl (C=O) groups excluding carboxylic acids is 2. The number of ether oxygens (including phenoxy) is 1. The number of methoxy groups -OCH3 is 1. The quantitative estimate of drug-likeness (QED) is 0.706. The fourth-order valence-electron chi connectivity index (χ4n) is 3.72. The van der Waals surface area contributed by atoms with E-state index in [0.717, 1.165) is 37.6 Å². The predicted octanol–water partition coefficient (Wildman–Crippen LogP) is 4.60. The number of thiophene rings is 1. The van der Waals surface area contributed by atoms with Crippen molar-refractivity contribution in [2.75, 3.05) is 7.11 Å². The molecule has 134 valence electrons. The number of aryl methyl sites for hydroxylation is 1. The van der Waals surface area contributed by atoms with Crippen LogP contribution in [0.5, 0.6) is 0 Å². The van der Waals surface area contributed by atoms with Gasteiger partial charge in [-0.1, -0.05) is 13.8 Å². The number of Topliss-reactive ketones (excluding diaryl/α,β-unsaturated/α-hetero) is 1. The third kappa shape index (κ3) is 3.22. The van der Waals surface area contributed by atoms with Crippen molar-refractivity contribution >= 4 is 39.0 Å². The highest BCUT2D eigenvalue weighted by molar-refractivity contribution is 9.10. The van der Waals surface area contributed by atoms with Crippen molar-refractivity contribution in [2.24, 2.45) is 5.41 Å². The molecule has 0 amide bonds. The Kier molecular flexibility index (Phi) is 4.71. The molecule has 2 aliphatic rings. The SMILES string of the molecule is COC(=O)C1=C(C)NC2=C(C(=O)CC(C)(C)C2)[C@H]1c1cc(Br)c(C)s1. The Morgan fingerprint density at radius 3 is 2.60 bits per heavy atom. The van der Waals surface area contributed by atoms with E-state index in [0.29, 0.717) is 12.0 Å². The summed E-state index contributed by atoms with van der Waals surface area (Å²) in [4.78, 5) is 27.6. The zero-order valence-electron chi connectivity index (χ0n) is 15.1. The molecule has 6 heteroatoms. The van der Waals surface area contributed by atoms with E-state index in [-0.39, 0.29) is 23.1 Å². The minimum Gasteiger partial charge on any atom is -0.466 e. The fraction of sp³-hybridized carbons (Fsp3) is 0.474. The van der Waals surface area contributed by atoms with Crippen LogP contribution in [0.25, 0.3) is 0 Å². The van der Waals surface area contributed by atoms with Gasteiger partial charge in [-0.25, -0.2) is 4.79 Å². The van der Waals surface area contributed by atoms with E-state index in [1.54, 1.807) is 11.3 Å². The first-order valence-corrected chi connectivity index (χ1v) is 9.83. The van der Waals surface area contributed by atoms with Gasteiger partial charge in [0.15, 0.2) is 5.78 Å². The summed E-state index contributed by atoms with van der Waals surface area (Å²) in [5.41, 5.74) is 2.88. The number of hydrogen-bond donors (Lipinski definition) is 1. The van der Waals surface area contributed by atoms with Gasteiger partial charge in [-0.3, -0.25) is 4.79 Å². The highest BCUT2D eigenvalue weighted by Crippen LogP contribution is 2.48. The first-order chi connectivity index (χ1) is 11.6. The molecule has 1 aliphatic heterocycles. The molecule has 0 radical (unpaired) electrons. The van der Waals surface area contributed by atoms with Crippen LogP contribution in [0.4, 0.5) is 0 Å². The molecule has 4 nitrogen and oxygen atoms in total. The second kappa shape index (κ2) is 6.40. The van der Waals surface area contributed by atoms with Crippen molar-refractivity contribution in [3.8, 4) is 0 Å². The van der Waals surface area contributed by atoms with E-state index in [4.69, 9.17) is 4.74 Å². The van der Waals surface area contributed by atoms with Crippen LogP contribution < -0.4 is 5.32 Å². The molecule has 0 saturated heterocycles. The third-order valence-corrected chi connectivity index (χ3v) is 7.01. The number of rotatable bonds is 2. The summed E-state index contributed by atoms with van der Waals surface area (Å²) in [7, 11) is 1.38. The average Bonchev–Trinajstić information content (AvgIpc) is 2.83. The lowest BCUT2D eigenvalue weighted by Crippen LogP contribution is -2.38. The standard InChI is InChI=1S/C19H22BrNO3S/c1-9-15(18(23)24-5)17(14-6-11(20)10(2)25-14)16-12(21-9)7-19(3,4)8-13(16)22/h6,17,21H,7-8H2,1-5H3/t17-/m0/s1. The molecule has 1 aromatic heterocycles. The molecular formula is C19H22BrNO3S. The van der Waals surface area contributed by atoms with E-state index in [1.807, 2.05) is 19.9 Å². The van der Waals surface area contributed by atoms with Crippen LogP contribution in [0.15, 0.2) is 33.1 Å². The van der Waals surface area contributed by atoms with Crippen molar-refractivity contribution in [1.82, 2.24) is 5.32 Å². The number of esters is 1. The Morgan fingerprint density at radius 1 is 1.36 bits per heavy atom. The number of dihydropyridines is 1. The fourth-order valence-corrected chi connectivity index (χ4v) is 5.41. The summed E-state index contributed by atoms with van der Waals surface area (Å²) in [5, 5.41) is 3.32. The Hall–Kier alpha value is -1.40. The molecule has 25 heavy (non-hydrogen) atoms. The summed E-state index contributed by atoms with van der Waals surface area (Å²) in [5.74, 6) is -0.636. The van der Waals surface area contributed by atoms with Gasteiger partial charge in [0.2, 0.25) is 0 Å². The number of nitrogens with one attached hydrogen (secondary N) is 1. The highest BCUT2D eigenvalue weighted by Gasteiger charge is 2.43. The molecule has 1 atom stereocenters. The Balaban J connectivity index is 2.21. The van der Waals surface area contributed by atoms with E-state index in [1.165, 1.54) is 7.11 Å². The lowest BCUT2D eigenvalue weighted by molar-refractivity contribution is -0.136. The molecule has 0 aromatic carbocycles. The van der Waals surface area contributed by atoms with Gasteiger partial charge in [0.05, 0.1) is 18.6 Å². The van der Waals surface area contributed by atoms with E-state index < -0.39 is 0 Å². The highest BCUT2D eigenvalue weighted by atomic mass is 79.9. The second-order valence-corrected chi connectivity index (χ2v) is 9.62. The molecule has 0 saturated carbocycles. The van der Waals surface area contributed by atoms with E-state index >= 15 is 0 Å². The molecule has 0 bridgehead atoms. The first kappa shape index (κ1) is 18.4. The molecule has 1 aliphatic carbocycles. The van der Waals surface area contributed by atoms with Crippen LogP contribution in [-0.4, -0.2) is 18.9 Å². The van der Waals surface area contributed by atoms with Crippen LogP contribution in [0.3, 0.4) is 0 Å². The molecule has 0 spiro atoms. The van der Waals surface area contributed by atoms with Crippen LogP contribution in [0.1, 0.15) is 49.3 Å². The maximum Gasteiger partial charge on any atom is 0.336 e. The summed E-state index contributed by atoms with van der Waals surface area (Å²) in [6.45, 7) is 8.11. The van der Waals surface area contributed by atoms with Crippen molar-refractivity contribution in [3.63, 3.8) is 0 Å². The van der Waals surface area contributed by atoms with E-state index in [9.17, 15) is 9.59 Å². The van der Waals surface area contributed by atoms with Gasteiger partial charge in [-0.2, -0.15) is 0 Å². The number of halogens is 1. The number of hydrogen-bond acceptors (Lipinski definition) is 5. The van der Waals surface area contributed by atoms with Crippen LogP contribution >= 0.6 is 27.3 Å². The largest absolute Gasteiger partial charge is 0.466 e. The normalized spacial score (nSPS) is 22.6. The van der Waals surface area contributed by atoms with Gasteiger partial charge in [0.25, 0.3) is 0 Å². The van der Waals surface area contributed by atoms with Gasteiger partial charge in [-0.15, -0.1) is 11.3 Å². The third-order valence-electron chi connectivity index (χ3n) is 4.81. The average molecular weight is 424 g/mol. The summed E-state index contributed by atoms with van der Waals surface area (Å²) in [6, 6.07) is 2.02. The second-order valence-electron chi connectivity index (χ2n) is 7.47. The van der Waals surface area contributed by atoms with Crippen molar-refractivity contribution in [1.29, 1.82) is 0 Å². The molecule has 1 aromatic rings. The van der Waals surface area contributed by atoms with Crippen molar-refractivity contribution in [2.45, 2.75) is 46.5 Å². The summed E-state index contributed by atoms with van der Waals surface area (Å²) in [6.07, 6.45) is 1.28. The molecular weight excluding hydrogens is 402 g/mol. The lowest BCUT2D eigenvalue weighted by atomic mass is 9.70. The molecule has 1 N–H and O–H groups in total. The zero-order chi connectivity index (χ0) is 18.5. The Bertz CT molecular complexity index is 812. The number of carbonyl (C=O) groups is 2. The van der Waals surface area contributed by atoms with Crippen LogP contribution in [-0.2, 0) is 14.3 Å². The molecule has 3 rings (SSSR count). The van der Waals surface area contributed by atoms with Crippen LogP contribution in [0.2, 0.25) is 0 Å². The van der Waals surface area contributed by atoms with Gasteiger partial charge in [0.1, 0.15) is 0 Å². The Morgan fingerprint density at radius 2 is 2.04 bits per heavy atom. The Labute approximate surface area is 160 Å². The summed E-state index contributed by atoms with van der Waals surface area (Å²) < 4.78 is 6.03. The predicted molar refractivity (Wildman–Crippen MR) is 102 cm³/mol. The monoisotopic (exact) mass is 423 g/mol. The van der Waals surface area contributed by atoms with E-state index in [2.05, 4.69) is 35.1 Å². The zero-order valence-corrected chi connectivity index (χ0v) is 17.5. The van der Waals surface area contributed by atoms with Crippen molar-refractivity contribution < 1.29 is 14.3 Å². The minimum atomic E-state index is -0.388. The van der Waals surface area contributed by atoms with Gasteiger partial charge in [-0.05, 0) is 47.7 Å². The maximum atomic E-state index is 13.0. The maximum absolute atomic E-state index is 13.0. The number of ketones is 1. The van der Waals surface area contributed by atoms with Crippen LogP contribution in [0, 0.1) is 12.3 Å². The summed E-state index contributed by atoms with van der Waals surface area (Å²) >= 11 is 5.16. The molecule has 2 heterocycles. The topological polar surface area (TPSA) is 55.4 Å². The van der Waals surface area contributed by atoms with Gasteiger partial charge in [0, 0.05) is 37.6 Å². The smallest absolute Gasteiger partial charge is 0.336 e. The lowest BCUT2D eigenvalue weighted by Gasteiger charge is -2.39. The number of allylic oxidation sites excluding steroid dienone is 3. The molecule has 0 fully saturated rings. The minimum absolute atomic E-state index is 0.0809.